The van der Waals surface area contributed by atoms with Gasteiger partial charge in [-0.3, -0.25) is 0 Å². The van der Waals surface area contributed by atoms with Crippen molar-refractivity contribution in [2.24, 2.45) is 5.73 Å². The predicted molar refractivity (Wildman–Crippen MR) is 76.2 cm³/mol. The van der Waals surface area contributed by atoms with E-state index in [0.717, 1.165) is 0 Å². The van der Waals surface area contributed by atoms with E-state index >= 15 is 0 Å². The Morgan fingerprint density at radius 1 is 1.25 bits per heavy atom. The number of aliphatic hydroxyl groups excluding tert-OH is 1. The maximum atomic E-state index is 13.7. The van der Waals surface area contributed by atoms with Crippen molar-refractivity contribution in [1.29, 1.82) is 0 Å². The highest BCUT2D eigenvalue weighted by Crippen LogP contribution is 2.32. The van der Waals surface area contributed by atoms with E-state index in [2.05, 4.69) is 0 Å². The minimum atomic E-state index is -0.346. The van der Waals surface area contributed by atoms with Gasteiger partial charge in [0.05, 0.1) is 6.61 Å². The summed E-state index contributed by atoms with van der Waals surface area (Å²) in [5.41, 5.74) is 7.62. The SMILES string of the molecule is Cc1cc(Oc2ccccc2CO)c(C(C)N)cc1F. The Bertz CT molecular complexity index is 611. The summed E-state index contributed by atoms with van der Waals surface area (Å²) < 4.78 is 19.5. The standard InChI is InChI=1S/C16H18FNO2/c1-10-7-16(13(11(2)18)8-14(10)17)20-15-6-4-3-5-12(15)9-19/h3-8,11,19H,9,18H2,1-2H3. The molecule has 0 radical (unpaired) electrons. The third kappa shape index (κ3) is 2.98. The second-order valence-electron chi connectivity index (χ2n) is 4.80. The zero-order chi connectivity index (χ0) is 14.7. The van der Waals surface area contributed by atoms with Gasteiger partial charge in [0.1, 0.15) is 17.3 Å². The molecule has 2 rings (SSSR count). The molecule has 0 heterocycles. The van der Waals surface area contributed by atoms with E-state index in [9.17, 15) is 9.50 Å². The van der Waals surface area contributed by atoms with Crippen molar-refractivity contribution in [1.82, 2.24) is 0 Å². The number of aliphatic hydroxyl groups is 1. The quantitative estimate of drug-likeness (QED) is 0.898. The van der Waals surface area contributed by atoms with Gasteiger partial charge in [-0.1, -0.05) is 18.2 Å². The van der Waals surface area contributed by atoms with Crippen LogP contribution in [0.15, 0.2) is 36.4 Å². The summed E-state index contributed by atoms with van der Waals surface area (Å²) in [5, 5.41) is 9.31. The van der Waals surface area contributed by atoms with Crippen molar-refractivity contribution in [2.75, 3.05) is 0 Å². The number of hydrogen-bond donors (Lipinski definition) is 2. The Hall–Kier alpha value is -1.91. The average molecular weight is 275 g/mol. The molecule has 20 heavy (non-hydrogen) atoms. The molecule has 0 fully saturated rings. The molecule has 0 bridgehead atoms. The van der Waals surface area contributed by atoms with Gasteiger partial charge in [-0.2, -0.15) is 0 Å². The molecule has 0 spiro atoms. The first-order chi connectivity index (χ1) is 9.52. The van der Waals surface area contributed by atoms with Crippen molar-refractivity contribution >= 4 is 0 Å². The van der Waals surface area contributed by atoms with Gasteiger partial charge in [0.2, 0.25) is 0 Å². The number of nitrogens with two attached hydrogens (primary N) is 1. The molecule has 106 valence electrons. The minimum absolute atomic E-state index is 0.121. The summed E-state index contributed by atoms with van der Waals surface area (Å²) in [6.45, 7) is 3.32. The normalized spacial score (nSPS) is 12.2. The second-order valence-corrected chi connectivity index (χ2v) is 4.80. The predicted octanol–water partition coefficient (Wildman–Crippen LogP) is 3.44. The highest BCUT2D eigenvalue weighted by atomic mass is 19.1. The molecule has 2 aromatic carbocycles. The molecule has 3 N–H and O–H groups in total. The molecule has 0 aliphatic heterocycles. The van der Waals surface area contributed by atoms with E-state index in [1.165, 1.54) is 6.07 Å². The first kappa shape index (κ1) is 14.5. The van der Waals surface area contributed by atoms with Gasteiger partial charge >= 0.3 is 0 Å². The summed E-state index contributed by atoms with van der Waals surface area (Å²) in [6.07, 6.45) is 0. The molecule has 1 unspecified atom stereocenters. The number of hydrogen-bond acceptors (Lipinski definition) is 3. The molecule has 3 nitrogen and oxygen atoms in total. The van der Waals surface area contributed by atoms with Crippen molar-refractivity contribution in [3.8, 4) is 11.5 Å². The lowest BCUT2D eigenvalue weighted by Crippen LogP contribution is -2.08. The number of halogens is 1. The average Bonchev–Trinajstić information content (AvgIpc) is 2.43. The van der Waals surface area contributed by atoms with Crippen molar-refractivity contribution in [3.05, 3.63) is 58.9 Å². The molecule has 0 amide bonds. The first-order valence-corrected chi connectivity index (χ1v) is 6.45. The summed E-state index contributed by atoms with van der Waals surface area (Å²) in [7, 11) is 0. The third-order valence-corrected chi connectivity index (χ3v) is 3.14. The van der Waals surface area contributed by atoms with Gasteiger partial charge in [0, 0.05) is 17.2 Å². The van der Waals surface area contributed by atoms with Gasteiger partial charge in [0.25, 0.3) is 0 Å². The van der Waals surface area contributed by atoms with Crippen LogP contribution >= 0.6 is 0 Å². The minimum Gasteiger partial charge on any atom is -0.457 e. The summed E-state index contributed by atoms with van der Waals surface area (Å²) >= 11 is 0. The third-order valence-electron chi connectivity index (χ3n) is 3.14. The molecular formula is C16H18FNO2. The lowest BCUT2D eigenvalue weighted by Gasteiger charge is -2.16. The fraction of sp³-hybridized carbons (Fsp3) is 0.250. The van der Waals surface area contributed by atoms with Crippen molar-refractivity contribution in [2.45, 2.75) is 26.5 Å². The number of ether oxygens (including phenoxy) is 1. The zero-order valence-electron chi connectivity index (χ0n) is 11.6. The van der Waals surface area contributed by atoms with Crippen LogP contribution in [0.4, 0.5) is 4.39 Å². The second kappa shape index (κ2) is 6.03. The smallest absolute Gasteiger partial charge is 0.132 e. The van der Waals surface area contributed by atoms with Crippen molar-refractivity contribution < 1.29 is 14.2 Å². The maximum Gasteiger partial charge on any atom is 0.132 e. The number of para-hydroxylation sites is 1. The zero-order valence-corrected chi connectivity index (χ0v) is 11.6. The Morgan fingerprint density at radius 2 is 1.95 bits per heavy atom. The highest BCUT2D eigenvalue weighted by Gasteiger charge is 2.14. The van der Waals surface area contributed by atoms with Crippen LogP contribution < -0.4 is 10.5 Å². The first-order valence-electron chi connectivity index (χ1n) is 6.45. The Labute approximate surface area is 117 Å². The van der Waals surface area contributed by atoms with Gasteiger partial charge in [-0.25, -0.2) is 4.39 Å². The van der Waals surface area contributed by atoms with Gasteiger partial charge in [-0.15, -0.1) is 0 Å². The van der Waals surface area contributed by atoms with Crippen LogP contribution in [0.1, 0.15) is 29.7 Å². The maximum absolute atomic E-state index is 13.7. The van der Waals surface area contributed by atoms with Crippen LogP contribution in [-0.2, 0) is 6.61 Å². The Balaban J connectivity index is 2.45. The van der Waals surface area contributed by atoms with E-state index in [4.69, 9.17) is 10.5 Å². The van der Waals surface area contributed by atoms with E-state index in [1.54, 1.807) is 32.0 Å². The molecule has 0 aromatic heterocycles. The van der Waals surface area contributed by atoms with E-state index in [0.29, 0.717) is 28.2 Å². The highest BCUT2D eigenvalue weighted by molar-refractivity contribution is 5.44. The summed E-state index contributed by atoms with van der Waals surface area (Å²) in [4.78, 5) is 0. The Morgan fingerprint density at radius 3 is 2.60 bits per heavy atom. The molecule has 0 aliphatic carbocycles. The molecular weight excluding hydrogens is 257 g/mol. The van der Waals surface area contributed by atoms with E-state index in [-0.39, 0.29) is 18.5 Å². The number of benzene rings is 2. The number of rotatable bonds is 4. The fourth-order valence-corrected chi connectivity index (χ4v) is 1.97. The molecule has 0 saturated carbocycles. The lowest BCUT2D eigenvalue weighted by molar-refractivity contribution is 0.276. The molecule has 2 aromatic rings. The van der Waals surface area contributed by atoms with E-state index in [1.807, 2.05) is 12.1 Å². The topological polar surface area (TPSA) is 55.5 Å². The van der Waals surface area contributed by atoms with Crippen LogP contribution in [0.3, 0.4) is 0 Å². The van der Waals surface area contributed by atoms with Crippen LogP contribution in [0.5, 0.6) is 11.5 Å². The Kier molecular flexibility index (Phi) is 4.37. The fourth-order valence-electron chi connectivity index (χ4n) is 1.97. The van der Waals surface area contributed by atoms with Gasteiger partial charge in [0.15, 0.2) is 0 Å². The van der Waals surface area contributed by atoms with Crippen molar-refractivity contribution in [3.63, 3.8) is 0 Å². The van der Waals surface area contributed by atoms with Gasteiger partial charge < -0.3 is 15.6 Å². The molecule has 0 aliphatic rings. The van der Waals surface area contributed by atoms with Crippen LogP contribution in [0.25, 0.3) is 0 Å². The summed E-state index contributed by atoms with van der Waals surface area (Å²) in [5.74, 6) is 0.753. The van der Waals surface area contributed by atoms with Gasteiger partial charge in [-0.05, 0) is 37.6 Å². The monoisotopic (exact) mass is 275 g/mol. The molecule has 0 saturated heterocycles. The van der Waals surface area contributed by atoms with Crippen LogP contribution in [0, 0.1) is 12.7 Å². The lowest BCUT2D eigenvalue weighted by atomic mass is 10.0. The largest absolute Gasteiger partial charge is 0.457 e. The molecule has 1 atom stereocenters. The number of aryl methyl sites for hydroxylation is 1. The van der Waals surface area contributed by atoms with Crippen LogP contribution in [0.2, 0.25) is 0 Å². The van der Waals surface area contributed by atoms with E-state index < -0.39 is 0 Å². The molecule has 4 heteroatoms. The van der Waals surface area contributed by atoms with Crippen LogP contribution in [-0.4, -0.2) is 5.11 Å². The summed E-state index contributed by atoms with van der Waals surface area (Å²) in [6, 6.07) is 9.85.